The van der Waals surface area contributed by atoms with Crippen molar-refractivity contribution in [1.29, 1.82) is 0 Å². The standard InChI is InChI=1S/C16H19ClN2O2S/c1-12-5-6-13(17)10-16(12)22(20,21)19(14-7-8-14)11-15-4-3-9-18(15)2/h3-6,9-10,14H,7-8,11H2,1-2H3. The molecule has 0 N–H and O–H groups in total. The maximum Gasteiger partial charge on any atom is 0.243 e. The van der Waals surface area contributed by atoms with Gasteiger partial charge in [0.25, 0.3) is 0 Å². The molecule has 1 aromatic heterocycles. The summed E-state index contributed by atoms with van der Waals surface area (Å²) < 4.78 is 29.7. The van der Waals surface area contributed by atoms with E-state index in [1.165, 1.54) is 0 Å². The van der Waals surface area contributed by atoms with Crippen LogP contribution in [0.5, 0.6) is 0 Å². The van der Waals surface area contributed by atoms with Crippen LogP contribution in [0.2, 0.25) is 5.02 Å². The smallest absolute Gasteiger partial charge is 0.243 e. The maximum absolute atomic E-state index is 13.1. The Bertz CT molecular complexity index is 794. The second kappa shape index (κ2) is 5.72. The molecule has 1 fully saturated rings. The highest BCUT2D eigenvalue weighted by molar-refractivity contribution is 7.89. The molecule has 0 unspecified atom stereocenters. The molecule has 0 radical (unpaired) electrons. The summed E-state index contributed by atoms with van der Waals surface area (Å²) in [5.74, 6) is 0. The number of halogens is 1. The molecule has 0 bridgehead atoms. The van der Waals surface area contributed by atoms with Crippen LogP contribution >= 0.6 is 11.6 Å². The molecular formula is C16H19ClN2O2S. The van der Waals surface area contributed by atoms with Gasteiger partial charge in [0.15, 0.2) is 0 Å². The molecule has 1 saturated carbocycles. The third kappa shape index (κ3) is 2.93. The van der Waals surface area contributed by atoms with Crippen molar-refractivity contribution in [2.24, 2.45) is 7.05 Å². The van der Waals surface area contributed by atoms with Crippen molar-refractivity contribution in [3.8, 4) is 0 Å². The first-order valence-electron chi connectivity index (χ1n) is 7.28. The highest BCUT2D eigenvalue weighted by atomic mass is 35.5. The number of sulfonamides is 1. The van der Waals surface area contributed by atoms with Gasteiger partial charge in [0.1, 0.15) is 0 Å². The molecule has 2 aromatic rings. The molecule has 0 saturated heterocycles. The van der Waals surface area contributed by atoms with E-state index in [9.17, 15) is 8.42 Å². The van der Waals surface area contributed by atoms with Crippen LogP contribution in [0.4, 0.5) is 0 Å². The molecule has 0 spiro atoms. The summed E-state index contributed by atoms with van der Waals surface area (Å²) in [4.78, 5) is 0.307. The maximum atomic E-state index is 13.1. The summed E-state index contributed by atoms with van der Waals surface area (Å²) in [6.45, 7) is 2.19. The third-order valence-corrected chi connectivity index (χ3v) is 6.34. The van der Waals surface area contributed by atoms with Gasteiger partial charge < -0.3 is 4.57 Å². The van der Waals surface area contributed by atoms with E-state index in [4.69, 9.17) is 11.6 Å². The van der Waals surface area contributed by atoms with Crippen molar-refractivity contribution in [3.05, 3.63) is 52.8 Å². The number of hydrogen-bond donors (Lipinski definition) is 0. The van der Waals surface area contributed by atoms with Crippen LogP contribution in [-0.2, 0) is 23.6 Å². The molecule has 1 aliphatic carbocycles. The Morgan fingerprint density at radius 2 is 2.05 bits per heavy atom. The molecule has 0 aliphatic heterocycles. The first kappa shape index (κ1) is 15.6. The zero-order valence-electron chi connectivity index (χ0n) is 12.7. The average Bonchev–Trinajstić information content (AvgIpc) is 3.22. The van der Waals surface area contributed by atoms with Gasteiger partial charge in [0.2, 0.25) is 10.0 Å². The average molecular weight is 339 g/mol. The van der Waals surface area contributed by atoms with Crippen LogP contribution < -0.4 is 0 Å². The van der Waals surface area contributed by atoms with Gasteiger partial charge in [0, 0.05) is 30.0 Å². The number of nitrogens with zero attached hydrogens (tertiary/aromatic N) is 2. The predicted molar refractivity (Wildman–Crippen MR) is 87.4 cm³/mol. The fourth-order valence-corrected chi connectivity index (χ4v) is 4.72. The number of rotatable bonds is 5. The predicted octanol–water partition coefficient (Wildman–Crippen LogP) is 3.34. The Balaban J connectivity index is 2.00. The molecule has 0 atom stereocenters. The van der Waals surface area contributed by atoms with Crippen LogP contribution in [-0.4, -0.2) is 23.3 Å². The minimum Gasteiger partial charge on any atom is -0.353 e. The van der Waals surface area contributed by atoms with E-state index in [2.05, 4.69) is 0 Å². The lowest BCUT2D eigenvalue weighted by molar-refractivity contribution is 0.390. The highest BCUT2D eigenvalue weighted by Crippen LogP contribution is 2.35. The van der Waals surface area contributed by atoms with Crippen LogP contribution in [0.15, 0.2) is 41.4 Å². The SMILES string of the molecule is Cc1ccc(Cl)cc1S(=O)(=O)N(Cc1cccn1C)C1CC1. The van der Waals surface area contributed by atoms with E-state index in [0.717, 1.165) is 24.1 Å². The molecule has 3 rings (SSSR count). The first-order chi connectivity index (χ1) is 10.4. The van der Waals surface area contributed by atoms with E-state index in [-0.39, 0.29) is 6.04 Å². The summed E-state index contributed by atoms with van der Waals surface area (Å²) >= 11 is 6.00. The van der Waals surface area contributed by atoms with Crippen molar-refractivity contribution >= 4 is 21.6 Å². The highest BCUT2D eigenvalue weighted by Gasteiger charge is 2.39. The number of aromatic nitrogens is 1. The Morgan fingerprint density at radius 1 is 1.32 bits per heavy atom. The Hall–Kier alpha value is -1.30. The first-order valence-corrected chi connectivity index (χ1v) is 9.09. The number of benzene rings is 1. The van der Waals surface area contributed by atoms with Gasteiger partial charge in [-0.25, -0.2) is 8.42 Å². The normalized spacial score (nSPS) is 15.5. The second-order valence-electron chi connectivity index (χ2n) is 5.80. The van der Waals surface area contributed by atoms with Gasteiger partial charge in [-0.15, -0.1) is 0 Å². The van der Waals surface area contributed by atoms with Crippen LogP contribution in [0.3, 0.4) is 0 Å². The molecule has 4 nitrogen and oxygen atoms in total. The van der Waals surface area contributed by atoms with Gasteiger partial charge in [-0.1, -0.05) is 17.7 Å². The lowest BCUT2D eigenvalue weighted by atomic mass is 10.2. The quantitative estimate of drug-likeness (QED) is 0.839. The van der Waals surface area contributed by atoms with E-state index in [1.54, 1.807) is 29.4 Å². The van der Waals surface area contributed by atoms with Crippen LogP contribution in [0, 0.1) is 6.92 Å². The monoisotopic (exact) mass is 338 g/mol. The van der Waals surface area contributed by atoms with E-state index in [1.807, 2.05) is 29.9 Å². The lowest BCUT2D eigenvalue weighted by Gasteiger charge is -2.23. The van der Waals surface area contributed by atoms with Crippen LogP contribution in [0.1, 0.15) is 24.1 Å². The molecule has 1 aromatic carbocycles. The summed E-state index contributed by atoms with van der Waals surface area (Å²) in [6.07, 6.45) is 3.77. The summed E-state index contributed by atoms with van der Waals surface area (Å²) in [6, 6.07) is 9.00. The van der Waals surface area contributed by atoms with Crippen molar-refractivity contribution in [3.63, 3.8) is 0 Å². The van der Waals surface area contributed by atoms with Crippen LogP contribution in [0.25, 0.3) is 0 Å². The minimum absolute atomic E-state index is 0.0956. The zero-order valence-corrected chi connectivity index (χ0v) is 14.2. The lowest BCUT2D eigenvalue weighted by Crippen LogP contribution is -2.33. The van der Waals surface area contributed by atoms with Crippen molar-refractivity contribution in [2.75, 3.05) is 0 Å². The second-order valence-corrected chi connectivity index (χ2v) is 8.10. The molecular weight excluding hydrogens is 320 g/mol. The van der Waals surface area contributed by atoms with E-state index in [0.29, 0.717) is 16.5 Å². The van der Waals surface area contributed by atoms with Gasteiger partial charge in [-0.2, -0.15) is 4.31 Å². The number of aryl methyl sites for hydroxylation is 2. The van der Waals surface area contributed by atoms with Crippen molar-refractivity contribution < 1.29 is 8.42 Å². The third-order valence-electron chi connectivity index (χ3n) is 4.06. The fraction of sp³-hybridized carbons (Fsp3) is 0.375. The minimum atomic E-state index is -3.55. The van der Waals surface area contributed by atoms with Gasteiger partial charge in [-0.3, -0.25) is 0 Å². The summed E-state index contributed by atoms with van der Waals surface area (Å²) in [7, 11) is -1.62. The molecule has 1 heterocycles. The summed E-state index contributed by atoms with van der Waals surface area (Å²) in [5, 5.41) is 0.443. The molecule has 22 heavy (non-hydrogen) atoms. The Kier molecular flexibility index (Phi) is 4.05. The summed E-state index contributed by atoms with van der Waals surface area (Å²) in [5.41, 5.74) is 1.71. The van der Waals surface area contributed by atoms with Crippen molar-refractivity contribution in [2.45, 2.75) is 37.2 Å². The van der Waals surface area contributed by atoms with Gasteiger partial charge in [0.05, 0.1) is 11.4 Å². The molecule has 0 amide bonds. The van der Waals surface area contributed by atoms with Gasteiger partial charge >= 0.3 is 0 Å². The van der Waals surface area contributed by atoms with E-state index < -0.39 is 10.0 Å². The van der Waals surface area contributed by atoms with Gasteiger partial charge in [-0.05, 0) is 49.6 Å². The molecule has 1 aliphatic rings. The largest absolute Gasteiger partial charge is 0.353 e. The Labute approximate surface area is 136 Å². The van der Waals surface area contributed by atoms with Crippen molar-refractivity contribution in [1.82, 2.24) is 8.87 Å². The van der Waals surface area contributed by atoms with E-state index >= 15 is 0 Å². The molecule has 6 heteroatoms. The molecule has 118 valence electrons. The number of hydrogen-bond acceptors (Lipinski definition) is 2. The fourth-order valence-electron chi connectivity index (χ4n) is 2.57. The zero-order chi connectivity index (χ0) is 15.9. The topological polar surface area (TPSA) is 42.3 Å². The Morgan fingerprint density at radius 3 is 2.64 bits per heavy atom.